The molecule has 0 saturated carbocycles. The Bertz CT molecular complexity index is 1660. The molecule has 1 heterocycles. The van der Waals surface area contributed by atoms with Crippen LogP contribution in [-0.2, 0) is 5.41 Å². The number of likely N-dealkylation sites (tertiary alicyclic amines) is 1. The Hall–Kier alpha value is -5.00. The maximum Gasteiger partial charge on any atom is 0.255 e. The lowest BCUT2D eigenvalue weighted by molar-refractivity contribution is 0.0943. The summed E-state index contributed by atoms with van der Waals surface area (Å²) < 4.78 is 0. The van der Waals surface area contributed by atoms with Crippen molar-refractivity contribution in [1.29, 1.82) is 0 Å². The van der Waals surface area contributed by atoms with Crippen molar-refractivity contribution in [2.75, 3.05) is 31.5 Å². The summed E-state index contributed by atoms with van der Waals surface area (Å²) in [6.07, 6.45) is 4.30. The van der Waals surface area contributed by atoms with Gasteiger partial charge in [-0.2, -0.15) is 0 Å². The number of rotatable bonds is 12. The lowest BCUT2D eigenvalue weighted by Gasteiger charge is -2.37. The van der Waals surface area contributed by atoms with Crippen molar-refractivity contribution in [2.24, 2.45) is 0 Å². The van der Waals surface area contributed by atoms with Crippen molar-refractivity contribution in [2.45, 2.75) is 37.0 Å². The lowest BCUT2D eigenvalue weighted by atomic mass is 9.71. The summed E-state index contributed by atoms with van der Waals surface area (Å²) in [5.74, 6) is 0.279. The second-order valence-corrected chi connectivity index (χ2v) is 12.5. The molecular weight excluding hydrogens is 578 g/mol. The minimum absolute atomic E-state index is 0.153. The number of hydrogen-bond acceptors (Lipinski definition) is 3. The van der Waals surface area contributed by atoms with E-state index in [0.29, 0.717) is 23.6 Å². The Labute approximate surface area is 278 Å². The zero-order valence-electron chi connectivity index (χ0n) is 26.9. The van der Waals surface area contributed by atoms with Crippen LogP contribution < -0.4 is 10.6 Å². The number of nitrogens with zero attached hydrogens (tertiary/aromatic N) is 1. The van der Waals surface area contributed by atoms with Gasteiger partial charge in [-0.05, 0) is 104 Å². The van der Waals surface area contributed by atoms with Gasteiger partial charge in [0.1, 0.15) is 0 Å². The van der Waals surface area contributed by atoms with Crippen LogP contribution in [-0.4, -0.2) is 42.9 Å². The molecule has 0 radical (unpaired) electrons. The van der Waals surface area contributed by atoms with E-state index in [1.807, 2.05) is 42.5 Å². The molecule has 0 atom stereocenters. The van der Waals surface area contributed by atoms with Gasteiger partial charge in [0.05, 0.1) is 0 Å². The van der Waals surface area contributed by atoms with Crippen molar-refractivity contribution in [3.05, 3.63) is 173 Å². The number of anilines is 1. The number of para-hydroxylation sites is 1. The van der Waals surface area contributed by atoms with Gasteiger partial charge >= 0.3 is 0 Å². The number of carbonyl (C=O) groups excluding carboxylic acids is 2. The van der Waals surface area contributed by atoms with Gasteiger partial charge < -0.3 is 15.5 Å². The lowest BCUT2D eigenvalue weighted by Crippen LogP contribution is -2.42. The van der Waals surface area contributed by atoms with Gasteiger partial charge in [0.15, 0.2) is 0 Å². The zero-order chi connectivity index (χ0) is 32.3. The molecule has 6 rings (SSSR count). The summed E-state index contributed by atoms with van der Waals surface area (Å²) >= 11 is 0. The second kappa shape index (κ2) is 15.5. The van der Waals surface area contributed by atoms with Crippen LogP contribution in [0.2, 0.25) is 0 Å². The summed E-state index contributed by atoms with van der Waals surface area (Å²) in [5, 5.41) is 6.18. The van der Waals surface area contributed by atoms with Crippen molar-refractivity contribution >= 4 is 17.5 Å². The van der Waals surface area contributed by atoms with Crippen molar-refractivity contribution in [3.63, 3.8) is 0 Å². The molecule has 1 fully saturated rings. The average Bonchev–Trinajstić information content (AvgIpc) is 3.15. The summed E-state index contributed by atoms with van der Waals surface area (Å²) in [7, 11) is 0. The van der Waals surface area contributed by atoms with E-state index in [1.54, 1.807) is 24.3 Å². The van der Waals surface area contributed by atoms with Gasteiger partial charge in [-0.25, -0.2) is 0 Å². The first-order valence-corrected chi connectivity index (χ1v) is 16.7. The molecule has 0 unspecified atom stereocenters. The van der Waals surface area contributed by atoms with Crippen LogP contribution in [0.1, 0.15) is 69.0 Å². The van der Waals surface area contributed by atoms with Crippen LogP contribution in [0.15, 0.2) is 146 Å². The summed E-state index contributed by atoms with van der Waals surface area (Å²) in [5.41, 5.74) is 5.22. The number of carbonyl (C=O) groups is 2. The molecule has 0 bridgehead atoms. The summed E-state index contributed by atoms with van der Waals surface area (Å²) in [4.78, 5) is 28.9. The van der Waals surface area contributed by atoms with Gasteiger partial charge in [0.2, 0.25) is 0 Å². The second-order valence-electron chi connectivity index (χ2n) is 12.5. The first-order valence-electron chi connectivity index (χ1n) is 16.7. The van der Waals surface area contributed by atoms with E-state index in [9.17, 15) is 9.59 Å². The van der Waals surface area contributed by atoms with Gasteiger partial charge in [-0.1, -0.05) is 109 Å². The van der Waals surface area contributed by atoms with Gasteiger partial charge in [-0.3, -0.25) is 9.59 Å². The highest BCUT2D eigenvalue weighted by atomic mass is 16.2. The molecule has 47 heavy (non-hydrogen) atoms. The zero-order valence-corrected chi connectivity index (χ0v) is 26.9. The molecule has 0 spiro atoms. The average molecular weight is 622 g/mol. The first-order chi connectivity index (χ1) is 23.1. The topological polar surface area (TPSA) is 61.4 Å². The quantitative estimate of drug-likeness (QED) is 0.147. The van der Waals surface area contributed by atoms with Crippen LogP contribution in [0.25, 0.3) is 0 Å². The van der Waals surface area contributed by atoms with Crippen molar-refractivity contribution in [1.82, 2.24) is 10.2 Å². The molecule has 1 saturated heterocycles. The third kappa shape index (κ3) is 8.05. The SMILES string of the molecule is O=C(NCC(CCCN1CCC(c2ccccc2)CC1)(c1ccccc1)c1ccccc1)c1ccc(C(=O)Nc2ccccc2)cc1. The fourth-order valence-electron chi connectivity index (χ4n) is 6.91. The summed E-state index contributed by atoms with van der Waals surface area (Å²) in [6, 6.07) is 48.3. The van der Waals surface area contributed by atoms with Gasteiger partial charge in [0, 0.05) is 28.8 Å². The van der Waals surface area contributed by atoms with Gasteiger partial charge in [0.25, 0.3) is 11.8 Å². The molecular formula is C42H43N3O2. The third-order valence-electron chi connectivity index (χ3n) is 9.58. The highest BCUT2D eigenvalue weighted by molar-refractivity contribution is 6.05. The van der Waals surface area contributed by atoms with Crippen LogP contribution in [0, 0.1) is 0 Å². The predicted molar refractivity (Wildman–Crippen MR) is 191 cm³/mol. The number of amides is 2. The minimum atomic E-state index is -0.393. The standard InChI is InChI=1S/C42H43N3O2/c46-40(35-22-24-36(25-23-35)41(47)44-39-20-11-4-12-21-39)43-32-42(37-16-7-2-8-17-37,38-18-9-3-10-19-38)28-13-29-45-30-26-34(27-31-45)33-14-5-1-6-15-33/h1-12,14-25,34H,13,26-32H2,(H,43,46)(H,44,47). The Morgan fingerprint density at radius 2 is 1.11 bits per heavy atom. The van der Waals surface area contributed by atoms with Crippen LogP contribution in [0.5, 0.6) is 0 Å². The van der Waals surface area contributed by atoms with Crippen molar-refractivity contribution < 1.29 is 9.59 Å². The molecule has 238 valence electrons. The highest BCUT2D eigenvalue weighted by Gasteiger charge is 2.35. The largest absolute Gasteiger partial charge is 0.351 e. The molecule has 0 aromatic heterocycles. The van der Waals surface area contributed by atoms with Crippen molar-refractivity contribution in [3.8, 4) is 0 Å². The molecule has 2 amide bonds. The smallest absolute Gasteiger partial charge is 0.255 e. The van der Waals surface area contributed by atoms with E-state index in [4.69, 9.17) is 0 Å². The highest BCUT2D eigenvalue weighted by Crippen LogP contribution is 2.37. The normalized spacial score (nSPS) is 14.0. The van der Waals surface area contributed by atoms with E-state index in [2.05, 4.69) is 94.4 Å². The molecule has 5 nitrogen and oxygen atoms in total. The maximum absolute atomic E-state index is 13.6. The summed E-state index contributed by atoms with van der Waals surface area (Å²) in [6.45, 7) is 3.72. The third-order valence-corrected chi connectivity index (χ3v) is 9.58. The van der Waals surface area contributed by atoms with E-state index >= 15 is 0 Å². The number of benzene rings is 5. The van der Waals surface area contributed by atoms with Gasteiger partial charge in [-0.15, -0.1) is 0 Å². The molecule has 2 N–H and O–H groups in total. The Balaban J connectivity index is 1.14. The fourth-order valence-corrected chi connectivity index (χ4v) is 6.91. The Morgan fingerprint density at radius 3 is 1.66 bits per heavy atom. The van der Waals surface area contributed by atoms with E-state index < -0.39 is 5.41 Å². The van der Waals surface area contributed by atoms with E-state index in [0.717, 1.165) is 38.2 Å². The fraction of sp³-hybridized carbons (Fsp3) is 0.238. The van der Waals surface area contributed by atoms with Crippen LogP contribution in [0.3, 0.4) is 0 Å². The number of piperidine rings is 1. The molecule has 1 aliphatic rings. The van der Waals surface area contributed by atoms with E-state index in [-0.39, 0.29) is 11.8 Å². The maximum atomic E-state index is 13.6. The molecule has 5 aromatic rings. The number of nitrogens with one attached hydrogen (secondary N) is 2. The molecule has 1 aliphatic heterocycles. The number of hydrogen-bond donors (Lipinski definition) is 2. The van der Waals surface area contributed by atoms with E-state index in [1.165, 1.54) is 29.5 Å². The molecule has 5 heteroatoms. The predicted octanol–water partition coefficient (Wildman–Crippen LogP) is 8.31. The molecule has 5 aromatic carbocycles. The Morgan fingerprint density at radius 1 is 0.617 bits per heavy atom. The minimum Gasteiger partial charge on any atom is -0.351 e. The van der Waals surface area contributed by atoms with Crippen LogP contribution >= 0.6 is 0 Å². The first kappa shape index (κ1) is 32.0. The van der Waals surface area contributed by atoms with Crippen LogP contribution in [0.4, 0.5) is 5.69 Å². The monoisotopic (exact) mass is 621 g/mol. The molecule has 0 aliphatic carbocycles. The Kier molecular flexibility index (Phi) is 10.6.